The molecule has 0 saturated heterocycles. The first-order valence-corrected chi connectivity index (χ1v) is 7.95. The molecular weight excluding hydrogens is 310 g/mol. The lowest BCUT2D eigenvalue weighted by atomic mass is 10.2. The van der Waals surface area contributed by atoms with Gasteiger partial charge in [0.15, 0.2) is 0 Å². The van der Waals surface area contributed by atoms with Gasteiger partial charge in [-0.05, 0) is 37.3 Å². The molecule has 0 bridgehead atoms. The highest BCUT2D eigenvalue weighted by molar-refractivity contribution is 7.18. The maximum Gasteiger partial charge on any atom is 0.247 e. The Morgan fingerprint density at radius 3 is 2.70 bits per heavy atom. The summed E-state index contributed by atoms with van der Waals surface area (Å²) < 4.78 is 12.5. The van der Waals surface area contributed by atoms with Gasteiger partial charge < -0.3 is 9.15 Å². The van der Waals surface area contributed by atoms with E-state index in [2.05, 4.69) is 15.2 Å². The number of hydrogen-bond donors (Lipinski definition) is 0. The lowest BCUT2D eigenvalue weighted by molar-refractivity contribution is 0.482. The molecule has 2 heterocycles. The molecule has 0 N–H and O–H groups in total. The second kappa shape index (κ2) is 5.48. The maximum atomic E-state index is 5.94. The van der Waals surface area contributed by atoms with Crippen LogP contribution in [0.3, 0.4) is 0 Å². The van der Waals surface area contributed by atoms with Crippen molar-refractivity contribution in [3.63, 3.8) is 0 Å². The van der Waals surface area contributed by atoms with E-state index in [1.165, 1.54) is 0 Å². The van der Waals surface area contributed by atoms with Crippen molar-refractivity contribution in [2.75, 3.05) is 0 Å². The third kappa shape index (κ3) is 2.80. The molecule has 0 unspecified atom stereocenters. The quantitative estimate of drug-likeness (QED) is 0.544. The van der Waals surface area contributed by atoms with Crippen LogP contribution in [0.25, 0.3) is 21.7 Å². The van der Waals surface area contributed by atoms with Crippen LogP contribution in [0.1, 0.15) is 10.9 Å². The Morgan fingerprint density at radius 1 is 1.00 bits per heavy atom. The van der Waals surface area contributed by atoms with Gasteiger partial charge in [-0.3, -0.25) is 0 Å². The molecular formula is C17H13N3O2S. The van der Waals surface area contributed by atoms with Crippen molar-refractivity contribution < 1.29 is 9.15 Å². The van der Waals surface area contributed by atoms with Crippen molar-refractivity contribution >= 4 is 21.6 Å². The van der Waals surface area contributed by atoms with Gasteiger partial charge in [0, 0.05) is 18.6 Å². The van der Waals surface area contributed by atoms with Crippen molar-refractivity contribution in [2.45, 2.75) is 13.8 Å². The number of fused-ring (bicyclic) bond motifs is 1. The highest BCUT2D eigenvalue weighted by atomic mass is 32.1. The highest BCUT2D eigenvalue weighted by Gasteiger charge is 2.08. The fourth-order valence-electron chi connectivity index (χ4n) is 2.33. The second-order valence-corrected chi connectivity index (χ2v) is 6.35. The standard InChI is InChI=1S/C17H13N3O2S/c1-10-19-20-17(21-10)12-4-3-5-13(8-12)22-14-6-7-16-15(9-14)18-11(2)23-16/h3-9H,1-2H3. The molecule has 0 aliphatic heterocycles. The highest BCUT2D eigenvalue weighted by Crippen LogP contribution is 2.30. The lowest BCUT2D eigenvalue weighted by Gasteiger charge is -2.06. The number of aryl methyl sites for hydroxylation is 2. The summed E-state index contributed by atoms with van der Waals surface area (Å²) in [5.41, 5.74) is 1.78. The van der Waals surface area contributed by atoms with E-state index in [0.717, 1.165) is 26.5 Å². The predicted molar refractivity (Wildman–Crippen MR) is 88.9 cm³/mol. The zero-order valence-corrected chi connectivity index (χ0v) is 13.4. The van der Waals surface area contributed by atoms with E-state index in [9.17, 15) is 0 Å². The normalized spacial score (nSPS) is 11.0. The first kappa shape index (κ1) is 13.9. The molecule has 0 radical (unpaired) electrons. The van der Waals surface area contributed by atoms with Crippen molar-refractivity contribution in [3.8, 4) is 23.0 Å². The fraction of sp³-hybridized carbons (Fsp3) is 0.118. The van der Waals surface area contributed by atoms with E-state index in [-0.39, 0.29) is 0 Å². The van der Waals surface area contributed by atoms with Gasteiger partial charge in [0.2, 0.25) is 11.8 Å². The minimum atomic E-state index is 0.485. The van der Waals surface area contributed by atoms with Crippen molar-refractivity contribution in [1.29, 1.82) is 0 Å². The van der Waals surface area contributed by atoms with Crippen LogP contribution in [0, 0.1) is 13.8 Å². The van der Waals surface area contributed by atoms with Crippen LogP contribution in [0.5, 0.6) is 11.5 Å². The van der Waals surface area contributed by atoms with Gasteiger partial charge >= 0.3 is 0 Å². The summed E-state index contributed by atoms with van der Waals surface area (Å²) in [5, 5.41) is 8.92. The van der Waals surface area contributed by atoms with Gasteiger partial charge in [-0.2, -0.15) is 0 Å². The number of nitrogens with zero attached hydrogens (tertiary/aromatic N) is 3. The first-order valence-electron chi connectivity index (χ1n) is 7.13. The maximum absolute atomic E-state index is 5.94. The van der Waals surface area contributed by atoms with Crippen LogP contribution in [0.2, 0.25) is 0 Å². The smallest absolute Gasteiger partial charge is 0.247 e. The first-order chi connectivity index (χ1) is 11.2. The molecule has 0 atom stereocenters. The van der Waals surface area contributed by atoms with Crippen molar-refractivity contribution in [3.05, 3.63) is 53.4 Å². The Labute approximate surface area is 136 Å². The molecule has 0 aliphatic carbocycles. The van der Waals surface area contributed by atoms with Crippen LogP contribution in [-0.4, -0.2) is 15.2 Å². The zero-order chi connectivity index (χ0) is 15.8. The van der Waals surface area contributed by atoms with Gasteiger partial charge in [-0.1, -0.05) is 6.07 Å². The van der Waals surface area contributed by atoms with E-state index in [4.69, 9.17) is 9.15 Å². The summed E-state index contributed by atoms with van der Waals surface area (Å²) in [6, 6.07) is 13.5. The van der Waals surface area contributed by atoms with Crippen molar-refractivity contribution in [1.82, 2.24) is 15.2 Å². The zero-order valence-electron chi connectivity index (χ0n) is 12.6. The molecule has 0 fully saturated rings. The number of aromatic nitrogens is 3. The van der Waals surface area contributed by atoms with E-state index in [0.29, 0.717) is 17.5 Å². The predicted octanol–water partition coefficient (Wildman–Crippen LogP) is 4.76. The number of rotatable bonds is 3. The minimum Gasteiger partial charge on any atom is -0.457 e. The van der Waals surface area contributed by atoms with E-state index in [1.54, 1.807) is 18.3 Å². The number of thiazole rings is 1. The van der Waals surface area contributed by atoms with Gasteiger partial charge in [0.25, 0.3) is 0 Å². The molecule has 0 aliphatic rings. The molecule has 5 nitrogen and oxygen atoms in total. The van der Waals surface area contributed by atoms with Crippen molar-refractivity contribution in [2.24, 2.45) is 0 Å². The molecule has 4 rings (SSSR count). The topological polar surface area (TPSA) is 61.0 Å². The molecule has 2 aromatic heterocycles. The SMILES string of the molecule is Cc1nnc(-c2cccc(Oc3ccc4sc(C)nc4c3)c2)o1. The minimum absolute atomic E-state index is 0.485. The van der Waals surface area contributed by atoms with Crippen LogP contribution < -0.4 is 4.74 Å². The largest absolute Gasteiger partial charge is 0.457 e. The third-order valence-corrected chi connectivity index (χ3v) is 4.26. The lowest BCUT2D eigenvalue weighted by Crippen LogP contribution is -1.85. The van der Waals surface area contributed by atoms with Crippen LogP contribution in [0.15, 0.2) is 46.9 Å². The summed E-state index contributed by atoms with van der Waals surface area (Å²) in [7, 11) is 0. The Kier molecular flexibility index (Phi) is 3.31. The van der Waals surface area contributed by atoms with Crippen LogP contribution in [0.4, 0.5) is 0 Å². The van der Waals surface area contributed by atoms with E-state index in [1.807, 2.05) is 49.4 Å². The second-order valence-electron chi connectivity index (χ2n) is 5.12. The average molecular weight is 323 g/mol. The Morgan fingerprint density at radius 2 is 1.87 bits per heavy atom. The number of hydrogen-bond acceptors (Lipinski definition) is 6. The molecule has 6 heteroatoms. The molecule has 4 aromatic rings. The summed E-state index contributed by atoms with van der Waals surface area (Å²) in [5.74, 6) is 2.49. The van der Waals surface area contributed by atoms with Crippen LogP contribution >= 0.6 is 11.3 Å². The molecule has 114 valence electrons. The Bertz CT molecular complexity index is 990. The molecule has 2 aromatic carbocycles. The summed E-state index contributed by atoms with van der Waals surface area (Å²) in [4.78, 5) is 4.49. The van der Waals surface area contributed by atoms with E-state index < -0.39 is 0 Å². The Balaban J connectivity index is 1.64. The number of ether oxygens (including phenoxy) is 1. The van der Waals surface area contributed by atoms with Gasteiger partial charge in [-0.15, -0.1) is 21.5 Å². The van der Waals surface area contributed by atoms with Gasteiger partial charge in [0.05, 0.1) is 15.2 Å². The summed E-state index contributed by atoms with van der Waals surface area (Å²) >= 11 is 1.67. The molecule has 0 saturated carbocycles. The third-order valence-electron chi connectivity index (χ3n) is 3.31. The van der Waals surface area contributed by atoms with Gasteiger partial charge in [-0.25, -0.2) is 4.98 Å². The van der Waals surface area contributed by atoms with E-state index >= 15 is 0 Å². The van der Waals surface area contributed by atoms with Gasteiger partial charge in [0.1, 0.15) is 11.5 Å². The monoisotopic (exact) mass is 323 g/mol. The Hall–Kier alpha value is -2.73. The molecule has 23 heavy (non-hydrogen) atoms. The molecule has 0 spiro atoms. The summed E-state index contributed by atoms with van der Waals surface area (Å²) in [6.45, 7) is 3.77. The van der Waals surface area contributed by atoms with Crippen LogP contribution in [-0.2, 0) is 0 Å². The molecule has 0 amide bonds. The average Bonchev–Trinajstić information content (AvgIpc) is 3.12. The fourth-order valence-corrected chi connectivity index (χ4v) is 3.14. The number of benzene rings is 2. The summed E-state index contributed by atoms with van der Waals surface area (Å²) in [6.07, 6.45) is 0.